The Morgan fingerprint density at radius 1 is 1.39 bits per heavy atom. The van der Waals surface area contributed by atoms with Crippen LogP contribution in [0.25, 0.3) is 0 Å². The summed E-state index contributed by atoms with van der Waals surface area (Å²) in [5.74, 6) is 1.21. The van der Waals surface area contributed by atoms with Gasteiger partial charge in [-0.1, -0.05) is 6.92 Å². The highest BCUT2D eigenvalue weighted by atomic mass is 16.5. The van der Waals surface area contributed by atoms with Crippen LogP contribution in [0, 0.1) is 0 Å². The fourth-order valence-electron chi connectivity index (χ4n) is 1.62. The summed E-state index contributed by atoms with van der Waals surface area (Å²) in [5, 5.41) is 9.48. The number of aryl methyl sites for hydroxylation is 1. The lowest BCUT2D eigenvalue weighted by atomic mass is 10.2. The van der Waals surface area contributed by atoms with E-state index in [2.05, 4.69) is 15.5 Å². The first-order valence-electron chi connectivity index (χ1n) is 5.72. The number of anilines is 1. The summed E-state index contributed by atoms with van der Waals surface area (Å²) in [5.41, 5.74) is 1.56. The molecule has 1 amide bonds. The molecule has 0 spiro atoms. The first-order valence-corrected chi connectivity index (χ1v) is 5.72. The second-order valence-corrected chi connectivity index (χ2v) is 3.81. The molecule has 2 N–H and O–H groups in total. The average molecular weight is 245 g/mol. The third-order valence-corrected chi connectivity index (χ3v) is 2.69. The number of hydrogen-bond acceptors (Lipinski definition) is 3. The molecule has 2 rings (SSSR count). The molecule has 5 heteroatoms. The van der Waals surface area contributed by atoms with Crippen LogP contribution in [-0.2, 0) is 6.42 Å². The number of ether oxygens (including phenoxy) is 1. The number of aromatic amines is 1. The van der Waals surface area contributed by atoms with Crippen molar-refractivity contribution < 1.29 is 9.53 Å². The molecule has 1 aromatic heterocycles. The standard InChI is InChI=1S/C13H15N3O2/c1-3-9-8-14-16-12(9)15-13(17)10-4-6-11(18-2)7-5-10/h4-8H,3H2,1-2H3,(H2,14,15,16,17). The van der Waals surface area contributed by atoms with E-state index in [1.54, 1.807) is 37.6 Å². The van der Waals surface area contributed by atoms with Gasteiger partial charge in [0.05, 0.1) is 13.3 Å². The Kier molecular flexibility index (Phi) is 3.62. The van der Waals surface area contributed by atoms with Gasteiger partial charge in [-0.2, -0.15) is 5.10 Å². The number of nitrogens with zero attached hydrogens (tertiary/aromatic N) is 1. The molecule has 0 aliphatic carbocycles. The highest BCUT2D eigenvalue weighted by molar-refractivity contribution is 6.04. The number of methoxy groups -OCH3 is 1. The topological polar surface area (TPSA) is 67.0 Å². The second kappa shape index (κ2) is 5.35. The molecule has 0 saturated carbocycles. The number of rotatable bonds is 4. The lowest BCUT2D eigenvalue weighted by Gasteiger charge is -2.05. The quantitative estimate of drug-likeness (QED) is 0.868. The van der Waals surface area contributed by atoms with E-state index < -0.39 is 0 Å². The van der Waals surface area contributed by atoms with E-state index >= 15 is 0 Å². The van der Waals surface area contributed by atoms with Gasteiger partial charge in [0.25, 0.3) is 5.91 Å². The maximum atomic E-state index is 12.0. The van der Waals surface area contributed by atoms with Crippen LogP contribution in [0.4, 0.5) is 5.82 Å². The summed E-state index contributed by atoms with van der Waals surface area (Å²) in [4.78, 5) is 12.0. The molecule has 0 aliphatic heterocycles. The number of H-pyrrole nitrogens is 1. The summed E-state index contributed by atoms with van der Waals surface area (Å²) >= 11 is 0. The Labute approximate surface area is 105 Å². The van der Waals surface area contributed by atoms with Gasteiger partial charge in [-0.05, 0) is 30.7 Å². The monoisotopic (exact) mass is 245 g/mol. The van der Waals surface area contributed by atoms with Crippen molar-refractivity contribution in [3.05, 3.63) is 41.6 Å². The molecule has 0 radical (unpaired) electrons. The van der Waals surface area contributed by atoms with Gasteiger partial charge >= 0.3 is 0 Å². The van der Waals surface area contributed by atoms with Crippen molar-refractivity contribution in [1.29, 1.82) is 0 Å². The smallest absolute Gasteiger partial charge is 0.256 e. The maximum absolute atomic E-state index is 12.0. The van der Waals surface area contributed by atoms with E-state index in [9.17, 15) is 4.79 Å². The van der Waals surface area contributed by atoms with Crippen molar-refractivity contribution >= 4 is 11.7 Å². The predicted octanol–water partition coefficient (Wildman–Crippen LogP) is 2.23. The van der Waals surface area contributed by atoms with Crippen molar-refractivity contribution in [3.63, 3.8) is 0 Å². The molecule has 0 bridgehead atoms. The molecule has 2 aromatic rings. The molecule has 1 heterocycles. The third kappa shape index (κ3) is 2.51. The Bertz CT molecular complexity index is 531. The lowest BCUT2D eigenvalue weighted by Crippen LogP contribution is -2.13. The number of aromatic nitrogens is 2. The van der Waals surface area contributed by atoms with Crippen molar-refractivity contribution in [2.75, 3.05) is 12.4 Å². The predicted molar refractivity (Wildman–Crippen MR) is 68.9 cm³/mol. The van der Waals surface area contributed by atoms with Crippen LogP contribution in [0.1, 0.15) is 22.8 Å². The Morgan fingerprint density at radius 3 is 2.72 bits per heavy atom. The van der Waals surface area contributed by atoms with E-state index in [0.717, 1.165) is 17.7 Å². The third-order valence-electron chi connectivity index (χ3n) is 2.69. The highest BCUT2D eigenvalue weighted by Gasteiger charge is 2.09. The van der Waals surface area contributed by atoms with E-state index in [0.29, 0.717) is 11.4 Å². The lowest BCUT2D eigenvalue weighted by molar-refractivity contribution is 0.102. The molecule has 94 valence electrons. The second-order valence-electron chi connectivity index (χ2n) is 3.81. The zero-order valence-corrected chi connectivity index (χ0v) is 10.4. The number of amides is 1. The number of carbonyl (C=O) groups excluding carboxylic acids is 1. The summed E-state index contributed by atoms with van der Waals surface area (Å²) in [6, 6.07) is 6.94. The molecular formula is C13H15N3O2. The Hall–Kier alpha value is -2.30. The van der Waals surface area contributed by atoms with Crippen LogP contribution in [0.3, 0.4) is 0 Å². The molecule has 0 saturated heterocycles. The zero-order valence-electron chi connectivity index (χ0n) is 10.4. The van der Waals surface area contributed by atoms with Crippen LogP contribution < -0.4 is 10.1 Å². The van der Waals surface area contributed by atoms with Gasteiger partial charge < -0.3 is 10.1 Å². The summed E-state index contributed by atoms with van der Waals surface area (Å²) in [6.45, 7) is 2.01. The minimum absolute atomic E-state index is 0.170. The van der Waals surface area contributed by atoms with Gasteiger partial charge in [-0.25, -0.2) is 0 Å². The zero-order chi connectivity index (χ0) is 13.0. The Morgan fingerprint density at radius 2 is 2.11 bits per heavy atom. The summed E-state index contributed by atoms with van der Waals surface area (Å²) in [7, 11) is 1.59. The number of benzene rings is 1. The van der Waals surface area contributed by atoms with Crippen LogP contribution >= 0.6 is 0 Å². The fraction of sp³-hybridized carbons (Fsp3) is 0.231. The van der Waals surface area contributed by atoms with Crippen LogP contribution in [0.5, 0.6) is 5.75 Å². The fourth-order valence-corrected chi connectivity index (χ4v) is 1.62. The largest absolute Gasteiger partial charge is 0.497 e. The molecule has 0 unspecified atom stereocenters. The molecule has 18 heavy (non-hydrogen) atoms. The Balaban J connectivity index is 2.11. The number of nitrogens with one attached hydrogen (secondary N) is 2. The summed E-state index contributed by atoms with van der Waals surface area (Å²) in [6.07, 6.45) is 2.53. The van der Waals surface area contributed by atoms with Crippen LogP contribution in [0.15, 0.2) is 30.5 Å². The first kappa shape index (κ1) is 12.2. The van der Waals surface area contributed by atoms with Crippen molar-refractivity contribution in [3.8, 4) is 5.75 Å². The minimum atomic E-state index is -0.170. The van der Waals surface area contributed by atoms with E-state index in [1.165, 1.54) is 0 Å². The van der Waals surface area contributed by atoms with Gasteiger partial charge in [0.1, 0.15) is 11.6 Å². The van der Waals surface area contributed by atoms with Gasteiger partial charge in [0, 0.05) is 11.1 Å². The SMILES string of the molecule is CCc1cn[nH]c1NC(=O)c1ccc(OC)cc1. The molecular weight excluding hydrogens is 230 g/mol. The molecule has 5 nitrogen and oxygen atoms in total. The van der Waals surface area contributed by atoms with E-state index in [4.69, 9.17) is 4.74 Å². The van der Waals surface area contributed by atoms with Crippen molar-refractivity contribution in [2.24, 2.45) is 0 Å². The molecule has 0 atom stereocenters. The van der Waals surface area contributed by atoms with Gasteiger partial charge in [0.15, 0.2) is 0 Å². The van der Waals surface area contributed by atoms with Gasteiger partial charge in [0.2, 0.25) is 0 Å². The maximum Gasteiger partial charge on any atom is 0.256 e. The van der Waals surface area contributed by atoms with Crippen LogP contribution in [-0.4, -0.2) is 23.2 Å². The van der Waals surface area contributed by atoms with Crippen molar-refractivity contribution in [2.45, 2.75) is 13.3 Å². The van der Waals surface area contributed by atoms with Gasteiger partial charge in [-0.15, -0.1) is 0 Å². The molecule has 0 aliphatic rings. The normalized spacial score (nSPS) is 10.1. The minimum Gasteiger partial charge on any atom is -0.497 e. The highest BCUT2D eigenvalue weighted by Crippen LogP contribution is 2.15. The first-order chi connectivity index (χ1) is 8.74. The molecule has 0 fully saturated rings. The number of hydrogen-bond donors (Lipinski definition) is 2. The number of carbonyl (C=O) groups is 1. The average Bonchev–Trinajstić information content (AvgIpc) is 2.86. The van der Waals surface area contributed by atoms with E-state index in [-0.39, 0.29) is 5.91 Å². The van der Waals surface area contributed by atoms with Crippen LogP contribution in [0.2, 0.25) is 0 Å². The van der Waals surface area contributed by atoms with Crippen molar-refractivity contribution in [1.82, 2.24) is 10.2 Å². The van der Waals surface area contributed by atoms with E-state index in [1.807, 2.05) is 6.92 Å². The van der Waals surface area contributed by atoms with Gasteiger partial charge in [-0.3, -0.25) is 9.89 Å². The molecule has 1 aromatic carbocycles. The summed E-state index contributed by atoms with van der Waals surface area (Å²) < 4.78 is 5.04.